The van der Waals surface area contributed by atoms with Gasteiger partial charge in [-0.3, -0.25) is 9.69 Å². The van der Waals surface area contributed by atoms with Crippen LogP contribution in [0.3, 0.4) is 0 Å². The maximum Gasteiger partial charge on any atom is 0.234 e. The summed E-state index contributed by atoms with van der Waals surface area (Å²) < 4.78 is 10.8. The quantitative estimate of drug-likeness (QED) is 0.821. The molecule has 0 bridgehead atoms. The maximum absolute atomic E-state index is 12.5. The van der Waals surface area contributed by atoms with Crippen molar-refractivity contribution in [2.75, 3.05) is 27.3 Å². The fraction of sp³-hybridized carbons (Fsp3) is 0.381. The van der Waals surface area contributed by atoms with Crippen molar-refractivity contribution in [3.63, 3.8) is 0 Å². The lowest BCUT2D eigenvalue weighted by molar-refractivity contribution is -0.123. The van der Waals surface area contributed by atoms with Gasteiger partial charge in [-0.2, -0.15) is 0 Å². The second kappa shape index (κ2) is 8.63. The molecule has 0 fully saturated rings. The van der Waals surface area contributed by atoms with Gasteiger partial charge in [0.05, 0.1) is 26.8 Å². The van der Waals surface area contributed by atoms with Crippen LogP contribution in [0.1, 0.15) is 29.7 Å². The highest BCUT2D eigenvalue weighted by Gasteiger charge is 2.21. The summed E-state index contributed by atoms with van der Waals surface area (Å²) in [5.41, 5.74) is 3.46. The molecule has 0 aromatic heterocycles. The summed E-state index contributed by atoms with van der Waals surface area (Å²) in [6.07, 6.45) is 0.885. The van der Waals surface area contributed by atoms with Crippen molar-refractivity contribution in [1.29, 1.82) is 0 Å². The number of ether oxygens (including phenoxy) is 2. The van der Waals surface area contributed by atoms with E-state index >= 15 is 0 Å². The third-order valence-electron chi connectivity index (χ3n) is 4.91. The zero-order valence-corrected chi connectivity index (χ0v) is 16.7. The highest BCUT2D eigenvalue weighted by Crippen LogP contribution is 2.33. The Morgan fingerprint density at radius 1 is 1.15 bits per heavy atom. The van der Waals surface area contributed by atoms with E-state index in [1.807, 2.05) is 43.3 Å². The Morgan fingerprint density at radius 3 is 2.41 bits per heavy atom. The van der Waals surface area contributed by atoms with Crippen molar-refractivity contribution in [2.24, 2.45) is 0 Å². The van der Waals surface area contributed by atoms with Crippen LogP contribution in [0.25, 0.3) is 0 Å². The molecule has 1 N–H and O–H groups in total. The van der Waals surface area contributed by atoms with E-state index in [4.69, 9.17) is 21.1 Å². The smallest absolute Gasteiger partial charge is 0.234 e. The number of hydrogen-bond donors (Lipinski definition) is 1. The van der Waals surface area contributed by atoms with Gasteiger partial charge < -0.3 is 14.8 Å². The topological polar surface area (TPSA) is 50.8 Å². The lowest BCUT2D eigenvalue weighted by atomic mass is 9.98. The molecule has 6 heteroatoms. The van der Waals surface area contributed by atoms with Crippen molar-refractivity contribution in [3.8, 4) is 11.5 Å². The van der Waals surface area contributed by atoms with Crippen LogP contribution in [-0.2, 0) is 17.8 Å². The van der Waals surface area contributed by atoms with Crippen LogP contribution in [0.15, 0.2) is 36.4 Å². The fourth-order valence-corrected chi connectivity index (χ4v) is 3.53. The van der Waals surface area contributed by atoms with Gasteiger partial charge in [-0.05, 0) is 54.3 Å². The molecular weight excluding hydrogens is 364 g/mol. The second-order valence-corrected chi connectivity index (χ2v) is 7.21. The minimum absolute atomic E-state index is 0.0152. The van der Waals surface area contributed by atoms with Gasteiger partial charge in [0, 0.05) is 18.1 Å². The summed E-state index contributed by atoms with van der Waals surface area (Å²) in [5.74, 6) is 1.49. The van der Waals surface area contributed by atoms with E-state index in [-0.39, 0.29) is 11.9 Å². The zero-order chi connectivity index (χ0) is 19.4. The normalized spacial score (nSPS) is 15.0. The summed E-state index contributed by atoms with van der Waals surface area (Å²) >= 11 is 5.92. The van der Waals surface area contributed by atoms with Gasteiger partial charge >= 0.3 is 0 Å². The number of nitrogens with one attached hydrogen (secondary N) is 1. The third kappa shape index (κ3) is 4.73. The first-order valence-corrected chi connectivity index (χ1v) is 9.39. The largest absolute Gasteiger partial charge is 0.493 e. The summed E-state index contributed by atoms with van der Waals surface area (Å²) in [7, 11) is 3.28. The summed E-state index contributed by atoms with van der Waals surface area (Å²) in [4.78, 5) is 14.6. The molecule has 3 rings (SSSR count). The molecule has 0 spiro atoms. The van der Waals surface area contributed by atoms with Crippen LogP contribution >= 0.6 is 11.6 Å². The van der Waals surface area contributed by atoms with E-state index in [0.717, 1.165) is 36.6 Å². The number of fused-ring (bicyclic) bond motifs is 1. The fourth-order valence-electron chi connectivity index (χ4n) is 3.40. The summed E-state index contributed by atoms with van der Waals surface area (Å²) in [6, 6.07) is 11.5. The number of carbonyl (C=O) groups is 1. The summed E-state index contributed by atoms with van der Waals surface area (Å²) in [6.45, 7) is 3.90. The number of rotatable bonds is 6. The van der Waals surface area contributed by atoms with Crippen molar-refractivity contribution >= 4 is 17.5 Å². The summed E-state index contributed by atoms with van der Waals surface area (Å²) in [5, 5.41) is 3.75. The lowest BCUT2D eigenvalue weighted by Gasteiger charge is -2.29. The molecule has 27 heavy (non-hydrogen) atoms. The van der Waals surface area contributed by atoms with Crippen molar-refractivity contribution in [2.45, 2.75) is 25.9 Å². The monoisotopic (exact) mass is 388 g/mol. The van der Waals surface area contributed by atoms with Crippen LogP contribution in [0, 0.1) is 0 Å². The number of amides is 1. The molecule has 1 aliphatic rings. The number of nitrogens with zero attached hydrogens (tertiary/aromatic N) is 1. The molecule has 1 atom stereocenters. The first-order valence-electron chi connectivity index (χ1n) is 9.01. The van der Waals surface area contributed by atoms with E-state index < -0.39 is 0 Å². The Balaban J connectivity index is 1.60. The average Bonchev–Trinajstić information content (AvgIpc) is 2.67. The molecule has 0 aliphatic carbocycles. The highest BCUT2D eigenvalue weighted by atomic mass is 35.5. The van der Waals surface area contributed by atoms with E-state index in [1.54, 1.807) is 14.2 Å². The number of benzene rings is 2. The molecule has 2 aromatic carbocycles. The third-order valence-corrected chi connectivity index (χ3v) is 5.16. The number of halogens is 1. The lowest BCUT2D eigenvalue weighted by Crippen LogP contribution is -2.40. The van der Waals surface area contributed by atoms with Gasteiger partial charge in [0.2, 0.25) is 5.91 Å². The first kappa shape index (κ1) is 19.5. The van der Waals surface area contributed by atoms with E-state index in [9.17, 15) is 4.79 Å². The van der Waals surface area contributed by atoms with E-state index in [2.05, 4.69) is 10.2 Å². The number of carbonyl (C=O) groups excluding carboxylic acids is 1. The number of hydrogen-bond acceptors (Lipinski definition) is 4. The zero-order valence-electron chi connectivity index (χ0n) is 15.9. The highest BCUT2D eigenvalue weighted by molar-refractivity contribution is 6.30. The van der Waals surface area contributed by atoms with Crippen LogP contribution in [0.2, 0.25) is 5.02 Å². The van der Waals surface area contributed by atoms with Gasteiger partial charge in [0.25, 0.3) is 0 Å². The minimum Gasteiger partial charge on any atom is -0.493 e. The molecule has 5 nitrogen and oxygen atoms in total. The van der Waals surface area contributed by atoms with Gasteiger partial charge in [0.1, 0.15) is 0 Å². The molecule has 1 amide bonds. The van der Waals surface area contributed by atoms with Crippen LogP contribution in [0.5, 0.6) is 11.5 Å². The standard InChI is InChI=1S/C21H25ClN2O3/c1-14(15-4-6-18(22)7-5-15)23-21(25)13-24-9-8-16-10-19(26-2)20(27-3)11-17(16)12-24/h4-7,10-11,14H,8-9,12-13H2,1-3H3,(H,23,25)/t14-/m1/s1. The molecule has 144 valence electrons. The molecule has 1 heterocycles. The molecule has 0 saturated heterocycles. The average molecular weight is 389 g/mol. The van der Waals surface area contributed by atoms with Gasteiger partial charge in [-0.1, -0.05) is 23.7 Å². The Morgan fingerprint density at radius 2 is 1.78 bits per heavy atom. The first-order chi connectivity index (χ1) is 13.0. The van der Waals surface area contributed by atoms with Gasteiger partial charge in [-0.15, -0.1) is 0 Å². The van der Waals surface area contributed by atoms with Crippen LogP contribution < -0.4 is 14.8 Å². The maximum atomic E-state index is 12.5. The van der Waals surface area contributed by atoms with E-state index in [0.29, 0.717) is 11.6 Å². The van der Waals surface area contributed by atoms with Crippen molar-refractivity contribution < 1.29 is 14.3 Å². The van der Waals surface area contributed by atoms with Crippen molar-refractivity contribution in [3.05, 3.63) is 58.1 Å². The molecule has 0 radical (unpaired) electrons. The van der Waals surface area contributed by atoms with Crippen LogP contribution in [0.4, 0.5) is 0 Å². The molecule has 1 aliphatic heterocycles. The predicted molar refractivity (Wildman–Crippen MR) is 107 cm³/mol. The molecule has 0 unspecified atom stereocenters. The SMILES string of the molecule is COc1cc2c(cc1OC)CN(CC(=O)N[C@H](C)c1ccc(Cl)cc1)CC2. The number of methoxy groups -OCH3 is 2. The second-order valence-electron chi connectivity index (χ2n) is 6.78. The Kier molecular flexibility index (Phi) is 6.24. The minimum atomic E-state index is -0.0591. The molecule has 2 aromatic rings. The Bertz CT molecular complexity index is 808. The van der Waals surface area contributed by atoms with Gasteiger partial charge in [0.15, 0.2) is 11.5 Å². The van der Waals surface area contributed by atoms with Crippen molar-refractivity contribution in [1.82, 2.24) is 10.2 Å². The molecular formula is C21H25ClN2O3. The Labute approximate surface area is 165 Å². The Hall–Kier alpha value is -2.24. The van der Waals surface area contributed by atoms with E-state index in [1.165, 1.54) is 11.1 Å². The molecule has 0 saturated carbocycles. The van der Waals surface area contributed by atoms with Gasteiger partial charge in [-0.25, -0.2) is 0 Å². The predicted octanol–water partition coefficient (Wildman–Crippen LogP) is 3.59. The van der Waals surface area contributed by atoms with Crippen LogP contribution in [-0.4, -0.2) is 38.1 Å².